The number of ether oxygens (including phenoxy) is 1. The molecule has 1 fully saturated rings. The van der Waals surface area contributed by atoms with E-state index in [0.29, 0.717) is 36.1 Å². The summed E-state index contributed by atoms with van der Waals surface area (Å²) in [4.78, 5) is 11.1. The van der Waals surface area contributed by atoms with E-state index in [0.717, 1.165) is 45.8 Å². The summed E-state index contributed by atoms with van der Waals surface area (Å²) in [6.45, 7) is 9.78. The van der Waals surface area contributed by atoms with Gasteiger partial charge in [-0.2, -0.15) is 4.31 Å². The average Bonchev–Trinajstić information content (AvgIpc) is 2.80. The molecule has 32 heavy (non-hydrogen) atoms. The molecule has 3 rings (SSSR count). The summed E-state index contributed by atoms with van der Waals surface area (Å²) in [5.74, 6) is 1.04. The van der Waals surface area contributed by atoms with Gasteiger partial charge < -0.3 is 21.1 Å². The first-order chi connectivity index (χ1) is 15.5. The number of nitrogens with two attached hydrogens (primary N) is 1. The Balaban J connectivity index is 1.59. The number of benzene rings is 1. The van der Waals surface area contributed by atoms with Crippen molar-refractivity contribution >= 4 is 33.0 Å². The van der Waals surface area contributed by atoms with E-state index < -0.39 is 10.0 Å². The first-order valence-corrected chi connectivity index (χ1v) is 12.4. The Morgan fingerprint density at radius 2 is 1.75 bits per heavy atom. The van der Waals surface area contributed by atoms with Gasteiger partial charge in [0.15, 0.2) is 11.6 Å². The Hall–Kier alpha value is -2.47. The molecular weight excluding hydrogens is 430 g/mol. The number of nitrogens with zero attached hydrogens (tertiary/aromatic N) is 4. The summed E-state index contributed by atoms with van der Waals surface area (Å²) in [6, 6.07) is 6.57. The smallest absolute Gasteiger partial charge is 0.243 e. The molecule has 1 aromatic heterocycles. The molecule has 0 atom stereocenters. The zero-order chi connectivity index (χ0) is 23.0. The van der Waals surface area contributed by atoms with Gasteiger partial charge in [-0.15, -0.1) is 0 Å². The maximum atomic E-state index is 12.6. The van der Waals surface area contributed by atoms with Crippen LogP contribution in [0.15, 0.2) is 35.5 Å². The number of sulfonamides is 1. The standard InChI is InChI=1S/C21H33N7O3S/c1-3-28(4-2)32(29,30)18-8-6-17(7-9-18)26-21-19(22)20(24-16-25-21)23-10-5-11-27-12-14-31-15-13-27/h6-9,16H,3-5,10-15,22H2,1-2H3,(H2,23,24,25,26). The maximum Gasteiger partial charge on any atom is 0.243 e. The van der Waals surface area contributed by atoms with E-state index in [1.54, 1.807) is 24.3 Å². The second-order valence-electron chi connectivity index (χ2n) is 7.46. The largest absolute Gasteiger partial charge is 0.393 e. The SMILES string of the molecule is CCN(CC)S(=O)(=O)c1ccc(Nc2ncnc(NCCCN3CCOCC3)c2N)cc1. The Labute approximate surface area is 190 Å². The fraction of sp³-hybridized carbons (Fsp3) is 0.524. The number of nitrogens with one attached hydrogen (secondary N) is 2. The number of anilines is 4. The highest BCUT2D eigenvalue weighted by molar-refractivity contribution is 7.89. The van der Waals surface area contributed by atoms with Gasteiger partial charge in [0.25, 0.3) is 0 Å². The van der Waals surface area contributed by atoms with Crippen molar-refractivity contribution in [1.82, 2.24) is 19.2 Å². The number of nitrogen functional groups attached to an aromatic ring is 1. The first kappa shape index (κ1) is 24.2. The quantitative estimate of drug-likeness (QED) is 0.429. The highest BCUT2D eigenvalue weighted by Crippen LogP contribution is 2.26. The number of hydrogen-bond donors (Lipinski definition) is 3. The molecule has 4 N–H and O–H groups in total. The molecule has 2 heterocycles. The fourth-order valence-electron chi connectivity index (χ4n) is 3.53. The lowest BCUT2D eigenvalue weighted by Crippen LogP contribution is -2.37. The minimum absolute atomic E-state index is 0.255. The van der Waals surface area contributed by atoms with Crippen molar-refractivity contribution in [3.05, 3.63) is 30.6 Å². The van der Waals surface area contributed by atoms with Gasteiger partial charge in [-0.1, -0.05) is 13.8 Å². The van der Waals surface area contributed by atoms with Crippen LogP contribution in [-0.2, 0) is 14.8 Å². The second-order valence-corrected chi connectivity index (χ2v) is 9.40. The third-order valence-electron chi connectivity index (χ3n) is 5.39. The molecule has 0 amide bonds. The van der Waals surface area contributed by atoms with Gasteiger partial charge in [-0.3, -0.25) is 4.90 Å². The van der Waals surface area contributed by atoms with E-state index in [-0.39, 0.29) is 4.90 Å². The fourth-order valence-corrected chi connectivity index (χ4v) is 4.99. The molecule has 176 valence electrons. The van der Waals surface area contributed by atoms with Crippen LogP contribution in [0.1, 0.15) is 20.3 Å². The number of morpholine rings is 1. The van der Waals surface area contributed by atoms with Crippen LogP contribution in [0.5, 0.6) is 0 Å². The molecule has 10 nitrogen and oxygen atoms in total. The summed E-state index contributed by atoms with van der Waals surface area (Å²) in [6.07, 6.45) is 2.41. The molecule has 1 saturated heterocycles. The number of hydrogen-bond acceptors (Lipinski definition) is 9. The van der Waals surface area contributed by atoms with Crippen LogP contribution in [0.25, 0.3) is 0 Å². The zero-order valence-electron chi connectivity index (χ0n) is 18.7. The summed E-state index contributed by atoms with van der Waals surface area (Å²) < 4.78 is 32.1. The van der Waals surface area contributed by atoms with Crippen LogP contribution in [0.4, 0.5) is 23.0 Å². The Morgan fingerprint density at radius 1 is 1.09 bits per heavy atom. The lowest BCUT2D eigenvalue weighted by molar-refractivity contribution is 0.0378. The van der Waals surface area contributed by atoms with Crippen LogP contribution in [0.2, 0.25) is 0 Å². The molecule has 0 radical (unpaired) electrons. The van der Waals surface area contributed by atoms with Gasteiger partial charge >= 0.3 is 0 Å². The van der Waals surface area contributed by atoms with Gasteiger partial charge in [-0.25, -0.2) is 18.4 Å². The monoisotopic (exact) mass is 463 g/mol. The van der Waals surface area contributed by atoms with Gasteiger partial charge in [0.1, 0.15) is 12.0 Å². The van der Waals surface area contributed by atoms with E-state index >= 15 is 0 Å². The Morgan fingerprint density at radius 3 is 2.41 bits per heavy atom. The maximum absolute atomic E-state index is 12.6. The highest BCUT2D eigenvalue weighted by atomic mass is 32.2. The number of aromatic nitrogens is 2. The predicted molar refractivity (Wildman–Crippen MR) is 127 cm³/mol. The van der Waals surface area contributed by atoms with Crippen LogP contribution in [0.3, 0.4) is 0 Å². The molecule has 0 bridgehead atoms. The van der Waals surface area contributed by atoms with Crippen molar-refractivity contribution in [1.29, 1.82) is 0 Å². The molecule has 1 aliphatic heterocycles. The molecule has 2 aromatic rings. The van der Waals surface area contributed by atoms with E-state index in [1.807, 2.05) is 13.8 Å². The molecule has 1 aliphatic rings. The molecule has 11 heteroatoms. The van der Waals surface area contributed by atoms with Crippen molar-refractivity contribution < 1.29 is 13.2 Å². The normalized spacial score (nSPS) is 15.1. The van der Waals surface area contributed by atoms with E-state index in [9.17, 15) is 8.42 Å². The molecule has 0 aliphatic carbocycles. The topological polar surface area (TPSA) is 126 Å². The van der Waals surface area contributed by atoms with Crippen molar-refractivity contribution in [2.24, 2.45) is 0 Å². The van der Waals surface area contributed by atoms with E-state index in [2.05, 4.69) is 25.5 Å². The zero-order valence-corrected chi connectivity index (χ0v) is 19.6. The lowest BCUT2D eigenvalue weighted by atomic mass is 10.3. The van der Waals surface area contributed by atoms with Crippen LogP contribution in [-0.4, -0.2) is 80.1 Å². The summed E-state index contributed by atoms with van der Waals surface area (Å²) in [7, 11) is -3.49. The molecule has 0 saturated carbocycles. The average molecular weight is 464 g/mol. The van der Waals surface area contributed by atoms with Gasteiger partial charge in [-0.05, 0) is 37.2 Å². The molecule has 0 spiro atoms. The molecule has 0 unspecified atom stereocenters. The first-order valence-electron chi connectivity index (χ1n) is 11.0. The summed E-state index contributed by atoms with van der Waals surface area (Å²) >= 11 is 0. The third kappa shape index (κ3) is 6.06. The van der Waals surface area contributed by atoms with Crippen molar-refractivity contribution in [3.8, 4) is 0 Å². The van der Waals surface area contributed by atoms with Crippen molar-refractivity contribution in [2.75, 3.05) is 68.8 Å². The van der Waals surface area contributed by atoms with Gasteiger partial charge in [0.2, 0.25) is 10.0 Å². The van der Waals surface area contributed by atoms with E-state index in [4.69, 9.17) is 10.5 Å². The Bertz CT molecular complexity index is 960. The highest BCUT2D eigenvalue weighted by Gasteiger charge is 2.21. The van der Waals surface area contributed by atoms with Crippen LogP contribution >= 0.6 is 0 Å². The summed E-state index contributed by atoms with van der Waals surface area (Å²) in [5.41, 5.74) is 7.35. The summed E-state index contributed by atoms with van der Waals surface area (Å²) in [5, 5.41) is 6.42. The number of rotatable bonds is 11. The predicted octanol–water partition coefficient (Wildman–Crippen LogP) is 1.97. The minimum Gasteiger partial charge on any atom is -0.393 e. The minimum atomic E-state index is -3.49. The lowest BCUT2D eigenvalue weighted by Gasteiger charge is -2.26. The Kier molecular flexibility index (Phi) is 8.62. The van der Waals surface area contributed by atoms with Gasteiger partial charge in [0, 0.05) is 38.4 Å². The third-order valence-corrected chi connectivity index (χ3v) is 7.46. The van der Waals surface area contributed by atoms with Crippen molar-refractivity contribution in [3.63, 3.8) is 0 Å². The molecular formula is C21H33N7O3S. The van der Waals surface area contributed by atoms with E-state index in [1.165, 1.54) is 10.6 Å². The van der Waals surface area contributed by atoms with Crippen molar-refractivity contribution in [2.45, 2.75) is 25.2 Å². The van der Waals surface area contributed by atoms with Crippen LogP contribution < -0.4 is 16.4 Å². The second kappa shape index (κ2) is 11.4. The van der Waals surface area contributed by atoms with Gasteiger partial charge in [0.05, 0.1) is 18.1 Å². The molecule has 1 aromatic carbocycles. The van der Waals surface area contributed by atoms with Crippen LogP contribution in [0, 0.1) is 0 Å².